The number of benzene rings is 1. The number of hydrogen-bond acceptors (Lipinski definition) is 3. The summed E-state index contributed by atoms with van der Waals surface area (Å²) in [5, 5.41) is 6.67. The Morgan fingerprint density at radius 2 is 1.92 bits per heavy atom. The molecule has 5 nitrogen and oxygen atoms in total. The van der Waals surface area contributed by atoms with E-state index in [1.165, 1.54) is 16.7 Å². The molecule has 136 valence electrons. The Morgan fingerprint density at radius 3 is 2.60 bits per heavy atom. The molecule has 0 bridgehead atoms. The zero-order valence-electron chi connectivity index (χ0n) is 15.4. The fraction of sp³-hybridized carbons (Fsp3) is 0.368. The predicted molar refractivity (Wildman–Crippen MR) is 117 cm³/mol. The average Bonchev–Trinajstić information content (AvgIpc) is 2.57. The van der Waals surface area contributed by atoms with E-state index in [0.29, 0.717) is 13.1 Å². The topological polar surface area (TPSA) is 52.6 Å². The second-order valence-corrected chi connectivity index (χ2v) is 5.95. The van der Waals surface area contributed by atoms with E-state index in [-0.39, 0.29) is 24.0 Å². The molecule has 1 heterocycles. The van der Waals surface area contributed by atoms with E-state index < -0.39 is 0 Å². The first-order chi connectivity index (χ1) is 11.6. The molecule has 2 N–H and O–H groups in total. The van der Waals surface area contributed by atoms with Crippen LogP contribution in [-0.2, 0) is 13.1 Å². The van der Waals surface area contributed by atoms with Gasteiger partial charge >= 0.3 is 0 Å². The molecule has 0 saturated carbocycles. The zero-order valence-corrected chi connectivity index (χ0v) is 17.7. The lowest BCUT2D eigenvalue weighted by atomic mass is 10.1. The number of guanidine groups is 1. The summed E-state index contributed by atoms with van der Waals surface area (Å²) in [5.41, 5.74) is 3.65. The molecule has 6 heteroatoms. The summed E-state index contributed by atoms with van der Waals surface area (Å²) in [6.07, 6.45) is 1.84. The number of rotatable bonds is 6. The third-order valence-electron chi connectivity index (χ3n) is 3.57. The summed E-state index contributed by atoms with van der Waals surface area (Å²) in [7, 11) is 3.99. The van der Waals surface area contributed by atoms with Gasteiger partial charge in [0.25, 0.3) is 0 Å². The number of halogens is 1. The van der Waals surface area contributed by atoms with E-state index in [9.17, 15) is 0 Å². The van der Waals surface area contributed by atoms with Crippen molar-refractivity contribution in [2.45, 2.75) is 26.9 Å². The lowest BCUT2D eigenvalue weighted by Crippen LogP contribution is -2.36. The summed E-state index contributed by atoms with van der Waals surface area (Å²) in [6.45, 7) is 6.38. The number of hydrogen-bond donors (Lipinski definition) is 2. The molecule has 0 aliphatic carbocycles. The van der Waals surface area contributed by atoms with Crippen LogP contribution in [0.5, 0.6) is 0 Å². The van der Waals surface area contributed by atoms with E-state index in [2.05, 4.69) is 64.8 Å². The summed E-state index contributed by atoms with van der Waals surface area (Å²) < 4.78 is 0. The third kappa shape index (κ3) is 7.29. The van der Waals surface area contributed by atoms with Crippen LogP contribution in [0.25, 0.3) is 0 Å². The van der Waals surface area contributed by atoms with Gasteiger partial charge in [0.1, 0.15) is 5.82 Å². The molecule has 2 rings (SSSR count). The summed E-state index contributed by atoms with van der Waals surface area (Å²) in [6, 6.07) is 12.5. The first kappa shape index (κ1) is 21.2. The minimum absolute atomic E-state index is 0. The van der Waals surface area contributed by atoms with Gasteiger partial charge < -0.3 is 15.5 Å². The molecule has 0 amide bonds. The van der Waals surface area contributed by atoms with E-state index in [1.54, 1.807) is 0 Å². The number of aryl methyl sites for hydroxylation is 1. The van der Waals surface area contributed by atoms with Crippen LogP contribution in [0.4, 0.5) is 5.82 Å². The molecule has 2 aromatic rings. The number of aromatic nitrogens is 1. The third-order valence-corrected chi connectivity index (χ3v) is 3.57. The largest absolute Gasteiger partial charge is 0.363 e. The van der Waals surface area contributed by atoms with Crippen LogP contribution >= 0.6 is 24.0 Å². The Bertz CT molecular complexity index is 685. The maximum atomic E-state index is 4.67. The number of nitrogens with zero attached hydrogens (tertiary/aromatic N) is 3. The van der Waals surface area contributed by atoms with Crippen LogP contribution in [0.15, 0.2) is 47.6 Å². The van der Waals surface area contributed by atoms with Gasteiger partial charge in [0.2, 0.25) is 0 Å². The van der Waals surface area contributed by atoms with Gasteiger partial charge in [-0.15, -0.1) is 24.0 Å². The fourth-order valence-corrected chi connectivity index (χ4v) is 2.32. The Hall–Kier alpha value is -1.83. The molecule has 0 saturated heterocycles. The van der Waals surface area contributed by atoms with Crippen molar-refractivity contribution >= 4 is 35.8 Å². The first-order valence-corrected chi connectivity index (χ1v) is 8.28. The first-order valence-electron chi connectivity index (χ1n) is 8.28. The Labute approximate surface area is 168 Å². The monoisotopic (exact) mass is 453 g/mol. The Balaban J connectivity index is 0.00000312. The molecule has 25 heavy (non-hydrogen) atoms. The average molecular weight is 453 g/mol. The van der Waals surface area contributed by atoms with Gasteiger partial charge in [-0.05, 0) is 37.1 Å². The molecule has 0 radical (unpaired) electrons. The summed E-state index contributed by atoms with van der Waals surface area (Å²) in [5.74, 6) is 1.78. The smallest absolute Gasteiger partial charge is 0.191 e. The van der Waals surface area contributed by atoms with Crippen LogP contribution in [-0.4, -0.2) is 31.6 Å². The van der Waals surface area contributed by atoms with Crippen molar-refractivity contribution in [3.05, 3.63) is 59.3 Å². The van der Waals surface area contributed by atoms with Crippen LogP contribution in [0, 0.1) is 6.92 Å². The molecule has 1 aromatic heterocycles. The van der Waals surface area contributed by atoms with Crippen molar-refractivity contribution < 1.29 is 0 Å². The molecule has 0 spiro atoms. The van der Waals surface area contributed by atoms with E-state index in [4.69, 9.17) is 0 Å². The lowest BCUT2D eigenvalue weighted by Gasteiger charge is -2.14. The molecule has 0 atom stereocenters. The Kier molecular flexibility index (Phi) is 9.26. The van der Waals surface area contributed by atoms with E-state index in [1.807, 2.05) is 31.3 Å². The molecule has 0 unspecified atom stereocenters. The summed E-state index contributed by atoms with van der Waals surface area (Å²) >= 11 is 0. The highest BCUT2D eigenvalue weighted by molar-refractivity contribution is 14.0. The molecule has 0 fully saturated rings. The van der Waals surface area contributed by atoms with Gasteiger partial charge in [0, 0.05) is 33.4 Å². The second kappa shape index (κ2) is 10.9. The Morgan fingerprint density at radius 1 is 1.12 bits per heavy atom. The minimum Gasteiger partial charge on any atom is -0.363 e. The maximum absolute atomic E-state index is 4.67. The van der Waals surface area contributed by atoms with E-state index in [0.717, 1.165) is 18.3 Å². The van der Waals surface area contributed by atoms with Crippen molar-refractivity contribution in [2.24, 2.45) is 4.99 Å². The van der Waals surface area contributed by atoms with Crippen LogP contribution in [0.2, 0.25) is 0 Å². The lowest BCUT2D eigenvalue weighted by molar-refractivity contribution is 0.814. The van der Waals surface area contributed by atoms with Gasteiger partial charge in [-0.1, -0.05) is 29.8 Å². The van der Waals surface area contributed by atoms with Gasteiger partial charge in [0.05, 0.1) is 6.54 Å². The van der Waals surface area contributed by atoms with Crippen LogP contribution < -0.4 is 15.5 Å². The van der Waals surface area contributed by atoms with Gasteiger partial charge in [-0.25, -0.2) is 9.98 Å². The quantitative estimate of drug-likeness (QED) is 0.400. The zero-order chi connectivity index (χ0) is 17.4. The van der Waals surface area contributed by atoms with Crippen LogP contribution in [0.3, 0.4) is 0 Å². The standard InChI is InChI=1S/C19H27N5.HI/c1-5-20-19(22-13-16-8-6-7-15(2)11-16)23-14-17-9-10-21-18(12-17)24(3)4;/h6-12H,5,13-14H2,1-4H3,(H2,20,22,23);1H. The highest BCUT2D eigenvalue weighted by atomic mass is 127. The normalized spacial score (nSPS) is 10.8. The van der Waals surface area contributed by atoms with Gasteiger partial charge in [0.15, 0.2) is 5.96 Å². The number of anilines is 1. The highest BCUT2D eigenvalue weighted by Crippen LogP contribution is 2.09. The SMILES string of the molecule is CCNC(=NCc1cccc(C)c1)NCc1ccnc(N(C)C)c1.I. The van der Waals surface area contributed by atoms with Crippen molar-refractivity contribution in [1.82, 2.24) is 15.6 Å². The van der Waals surface area contributed by atoms with Gasteiger partial charge in [-0.2, -0.15) is 0 Å². The molecular formula is C19H28IN5. The van der Waals surface area contributed by atoms with Crippen molar-refractivity contribution in [1.29, 1.82) is 0 Å². The fourth-order valence-electron chi connectivity index (χ4n) is 2.32. The molecule has 0 aliphatic heterocycles. The van der Waals surface area contributed by atoms with E-state index >= 15 is 0 Å². The number of pyridine rings is 1. The van der Waals surface area contributed by atoms with Crippen molar-refractivity contribution in [3.8, 4) is 0 Å². The predicted octanol–water partition coefficient (Wildman–Crippen LogP) is 3.33. The summed E-state index contributed by atoms with van der Waals surface area (Å²) in [4.78, 5) is 11.0. The number of nitrogens with one attached hydrogen (secondary N) is 2. The molecular weight excluding hydrogens is 425 g/mol. The molecule has 0 aliphatic rings. The van der Waals surface area contributed by atoms with Gasteiger partial charge in [-0.3, -0.25) is 0 Å². The van der Waals surface area contributed by atoms with Crippen molar-refractivity contribution in [3.63, 3.8) is 0 Å². The maximum Gasteiger partial charge on any atom is 0.191 e. The highest BCUT2D eigenvalue weighted by Gasteiger charge is 2.02. The minimum atomic E-state index is 0. The van der Waals surface area contributed by atoms with Crippen LogP contribution in [0.1, 0.15) is 23.6 Å². The second-order valence-electron chi connectivity index (χ2n) is 5.95. The van der Waals surface area contributed by atoms with Crippen molar-refractivity contribution in [2.75, 3.05) is 25.5 Å². The molecule has 1 aromatic carbocycles. The number of aliphatic imine (C=N–C) groups is 1.